The third-order valence-electron chi connectivity index (χ3n) is 4.30. The zero-order chi connectivity index (χ0) is 21.3. The van der Waals surface area contributed by atoms with Gasteiger partial charge in [-0.1, -0.05) is 36.3 Å². The average molecular weight is 411 g/mol. The molecular formula is C22H22FN3O4. The molecule has 1 N–H and O–H groups in total. The number of ether oxygens (including phenoxy) is 1. The molecule has 0 atom stereocenters. The summed E-state index contributed by atoms with van der Waals surface area (Å²) in [6.07, 6.45) is 3.86. The molecule has 0 unspecified atom stereocenters. The maximum atomic E-state index is 14.2. The van der Waals surface area contributed by atoms with E-state index < -0.39 is 18.2 Å². The summed E-state index contributed by atoms with van der Waals surface area (Å²) in [4.78, 5) is 16.1. The van der Waals surface area contributed by atoms with Gasteiger partial charge in [-0.05, 0) is 36.2 Å². The molecule has 1 heterocycles. The highest BCUT2D eigenvalue weighted by Crippen LogP contribution is 2.21. The lowest BCUT2D eigenvalue weighted by atomic mass is 10.1. The number of rotatable bonds is 10. The Balaban J connectivity index is 1.54. The maximum Gasteiger partial charge on any atom is 0.307 e. The van der Waals surface area contributed by atoms with Gasteiger partial charge in [-0.2, -0.15) is 5.10 Å². The Bertz CT molecular complexity index is 1000. The largest absolute Gasteiger partial charge is 0.487 e. The molecule has 0 aliphatic heterocycles. The van der Waals surface area contributed by atoms with Gasteiger partial charge < -0.3 is 14.7 Å². The van der Waals surface area contributed by atoms with Crippen molar-refractivity contribution in [1.82, 2.24) is 9.78 Å². The van der Waals surface area contributed by atoms with E-state index in [9.17, 15) is 9.18 Å². The van der Waals surface area contributed by atoms with Crippen LogP contribution >= 0.6 is 0 Å². The Hall–Kier alpha value is -3.68. The van der Waals surface area contributed by atoms with Crippen LogP contribution in [0.15, 0.2) is 66.1 Å². The minimum Gasteiger partial charge on any atom is -0.487 e. The van der Waals surface area contributed by atoms with Gasteiger partial charge in [0.05, 0.1) is 17.8 Å². The first kappa shape index (κ1) is 21.0. The van der Waals surface area contributed by atoms with Crippen LogP contribution in [0, 0.1) is 5.82 Å². The van der Waals surface area contributed by atoms with Crippen molar-refractivity contribution >= 4 is 11.7 Å². The minimum absolute atomic E-state index is 0.00810. The van der Waals surface area contributed by atoms with Crippen LogP contribution in [-0.4, -0.2) is 39.8 Å². The van der Waals surface area contributed by atoms with E-state index in [1.54, 1.807) is 16.9 Å². The van der Waals surface area contributed by atoms with Gasteiger partial charge in [0.1, 0.15) is 6.61 Å². The first-order valence-corrected chi connectivity index (χ1v) is 9.49. The lowest BCUT2D eigenvalue weighted by molar-refractivity contribution is -0.136. The summed E-state index contributed by atoms with van der Waals surface area (Å²) in [7, 11) is 0. The fourth-order valence-corrected chi connectivity index (χ4v) is 2.83. The van der Waals surface area contributed by atoms with Crippen LogP contribution in [0.3, 0.4) is 0 Å². The number of hydrogen-bond acceptors (Lipinski definition) is 5. The van der Waals surface area contributed by atoms with Crippen LogP contribution < -0.4 is 4.74 Å². The van der Waals surface area contributed by atoms with Crippen molar-refractivity contribution in [1.29, 1.82) is 0 Å². The summed E-state index contributed by atoms with van der Waals surface area (Å²) >= 11 is 0. The second-order valence-electron chi connectivity index (χ2n) is 6.37. The van der Waals surface area contributed by atoms with E-state index in [4.69, 9.17) is 14.7 Å². The molecule has 0 aliphatic rings. The number of oxime groups is 1. The van der Waals surface area contributed by atoms with E-state index in [0.29, 0.717) is 6.42 Å². The molecule has 0 aliphatic carbocycles. The average Bonchev–Trinajstić information content (AvgIpc) is 3.28. The van der Waals surface area contributed by atoms with E-state index in [0.717, 1.165) is 17.0 Å². The van der Waals surface area contributed by atoms with Crippen molar-refractivity contribution in [3.63, 3.8) is 0 Å². The van der Waals surface area contributed by atoms with E-state index in [1.807, 2.05) is 43.5 Å². The van der Waals surface area contributed by atoms with Crippen molar-refractivity contribution in [2.45, 2.75) is 19.8 Å². The van der Waals surface area contributed by atoms with Crippen LogP contribution in [0.4, 0.5) is 4.39 Å². The van der Waals surface area contributed by atoms with E-state index in [-0.39, 0.29) is 24.5 Å². The molecule has 1 aromatic heterocycles. The number of aliphatic carboxylic acids is 1. The van der Waals surface area contributed by atoms with E-state index in [1.165, 1.54) is 12.1 Å². The summed E-state index contributed by atoms with van der Waals surface area (Å²) in [5, 5.41) is 17.2. The summed E-state index contributed by atoms with van der Waals surface area (Å²) < 4.78 is 21.4. The number of carboxylic acid groups (broad SMARTS) is 1. The smallest absolute Gasteiger partial charge is 0.307 e. The molecule has 8 heteroatoms. The maximum absolute atomic E-state index is 14.2. The fourth-order valence-electron chi connectivity index (χ4n) is 2.83. The normalized spacial score (nSPS) is 11.3. The quantitative estimate of drug-likeness (QED) is 0.311. The Kier molecular flexibility index (Phi) is 7.15. The zero-order valence-electron chi connectivity index (χ0n) is 16.5. The SMILES string of the molecule is CC/C(=N\OCCOc1cccc(CC(=O)O)c1F)c1ccc(-n2cccn2)cc1. The summed E-state index contributed by atoms with van der Waals surface area (Å²) in [6, 6.07) is 14.1. The third kappa shape index (κ3) is 5.44. The van der Waals surface area contributed by atoms with Gasteiger partial charge in [0.15, 0.2) is 18.2 Å². The molecule has 7 nitrogen and oxygen atoms in total. The number of carboxylic acids is 1. The highest BCUT2D eigenvalue weighted by atomic mass is 19.1. The fraction of sp³-hybridized carbons (Fsp3) is 0.227. The van der Waals surface area contributed by atoms with Crippen molar-refractivity contribution < 1.29 is 23.9 Å². The molecule has 0 fully saturated rings. The number of aromatic nitrogens is 2. The Morgan fingerprint density at radius 1 is 1.17 bits per heavy atom. The monoisotopic (exact) mass is 411 g/mol. The number of benzene rings is 2. The number of nitrogens with zero attached hydrogens (tertiary/aromatic N) is 3. The van der Waals surface area contributed by atoms with Crippen LogP contribution in [0.5, 0.6) is 5.75 Å². The summed E-state index contributed by atoms with van der Waals surface area (Å²) in [5.74, 6) is -1.78. The lowest BCUT2D eigenvalue weighted by Crippen LogP contribution is -2.09. The second-order valence-corrected chi connectivity index (χ2v) is 6.37. The molecule has 0 bridgehead atoms. The van der Waals surface area contributed by atoms with Gasteiger partial charge in [0, 0.05) is 18.0 Å². The van der Waals surface area contributed by atoms with Gasteiger partial charge in [-0.15, -0.1) is 0 Å². The molecule has 30 heavy (non-hydrogen) atoms. The van der Waals surface area contributed by atoms with Gasteiger partial charge >= 0.3 is 5.97 Å². The van der Waals surface area contributed by atoms with Gasteiger partial charge in [-0.3, -0.25) is 4.79 Å². The van der Waals surface area contributed by atoms with Gasteiger partial charge in [0.25, 0.3) is 0 Å². The summed E-state index contributed by atoms with van der Waals surface area (Å²) in [6.45, 7) is 2.17. The van der Waals surface area contributed by atoms with Gasteiger partial charge in [-0.25, -0.2) is 9.07 Å². The number of halogens is 1. The molecule has 3 aromatic rings. The highest BCUT2D eigenvalue weighted by Gasteiger charge is 2.12. The highest BCUT2D eigenvalue weighted by molar-refractivity contribution is 6.00. The van der Waals surface area contributed by atoms with Crippen LogP contribution in [0.2, 0.25) is 0 Å². The van der Waals surface area contributed by atoms with Crippen molar-refractivity contribution in [3.8, 4) is 11.4 Å². The first-order chi connectivity index (χ1) is 14.6. The van der Waals surface area contributed by atoms with Crippen LogP contribution in [-0.2, 0) is 16.1 Å². The third-order valence-corrected chi connectivity index (χ3v) is 4.30. The molecule has 0 radical (unpaired) electrons. The minimum atomic E-state index is -1.10. The predicted molar refractivity (Wildman–Crippen MR) is 110 cm³/mol. The lowest BCUT2D eigenvalue weighted by Gasteiger charge is -2.10. The van der Waals surface area contributed by atoms with Crippen molar-refractivity contribution in [2.75, 3.05) is 13.2 Å². The van der Waals surface area contributed by atoms with E-state index in [2.05, 4.69) is 10.3 Å². The first-order valence-electron chi connectivity index (χ1n) is 9.49. The molecule has 0 spiro atoms. The molecule has 2 aromatic carbocycles. The molecular weight excluding hydrogens is 389 g/mol. The predicted octanol–water partition coefficient (Wildman–Crippen LogP) is 3.85. The molecule has 0 saturated carbocycles. The van der Waals surface area contributed by atoms with Crippen molar-refractivity contribution in [3.05, 3.63) is 77.9 Å². The zero-order valence-corrected chi connectivity index (χ0v) is 16.5. The molecule has 0 amide bonds. The number of hydrogen-bond donors (Lipinski definition) is 1. The van der Waals surface area contributed by atoms with Crippen LogP contribution in [0.1, 0.15) is 24.5 Å². The molecule has 3 rings (SSSR count). The Labute approximate surface area is 173 Å². The topological polar surface area (TPSA) is 85.9 Å². The second kappa shape index (κ2) is 10.2. The molecule has 156 valence electrons. The standard InChI is InChI=1S/C22H22FN3O4/c1-2-19(16-7-9-18(10-8-16)26-12-4-11-24-26)25-30-14-13-29-20-6-3-5-17(22(20)23)15-21(27)28/h3-12H,2,13-15H2,1H3,(H,27,28)/b25-19+. The van der Waals surface area contributed by atoms with Crippen molar-refractivity contribution in [2.24, 2.45) is 5.16 Å². The van der Waals surface area contributed by atoms with Crippen LogP contribution in [0.25, 0.3) is 5.69 Å². The number of carbonyl (C=O) groups is 1. The van der Waals surface area contributed by atoms with Gasteiger partial charge in [0.2, 0.25) is 0 Å². The summed E-state index contributed by atoms with van der Waals surface area (Å²) in [5.41, 5.74) is 2.73. The van der Waals surface area contributed by atoms with E-state index >= 15 is 0 Å². The Morgan fingerprint density at radius 2 is 1.97 bits per heavy atom. The Morgan fingerprint density at radius 3 is 2.63 bits per heavy atom. The molecule has 0 saturated heterocycles.